The maximum atomic E-state index is 10.4. The lowest BCUT2D eigenvalue weighted by molar-refractivity contribution is 0.247. The molecule has 1 N–H and O–H groups in total. The highest BCUT2D eigenvalue weighted by molar-refractivity contribution is 9.10. The van der Waals surface area contributed by atoms with Gasteiger partial charge in [-0.3, -0.25) is 4.90 Å². The van der Waals surface area contributed by atoms with Gasteiger partial charge in [-0.05, 0) is 41.1 Å². The summed E-state index contributed by atoms with van der Waals surface area (Å²) in [5.74, 6) is 1.29. The van der Waals surface area contributed by atoms with Gasteiger partial charge in [0, 0.05) is 42.8 Å². The number of ether oxygens (including phenoxy) is 1. The van der Waals surface area contributed by atoms with E-state index in [1.54, 1.807) is 13.2 Å². The number of piperazine rings is 1. The Morgan fingerprint density at radius 3 is 2.56 bits per heavy atom. The predicted molar refractivity (Wildman–Crippen MR) is 114 cm³/mol. The summed E-state index contributed by atoms with van der Waals surface area (Å²) >= 11 is 3.53. The Bertz CT molecular complexity index is 952. The van der Waals surface area contributed by atoms with E-state index >= 15 is 0 Å². The van der Waals surface area contributed by atoms with Crippen LogP contribution in [0.4, 0.5) is 5.69 Å². The highest BCUT2D eigenvalue weighted by Gasteiger charge is 2.21. The first kappa shape index (κ1) is 18.1. The van der Waals surface area contributed by atoms with E-state index in [4.69, 9.17) is 4.74 Å². The minimum Gasteiger partial charge on any atom is -0.508 e. The summed E-state index contributed by atoms with van der Waals surface area (Å²) in [7, 11) is 1.72. The zero-order valence-corrected chi connectivity index (χ0v) is 16.9. The van der Waals surface area contributed by atoms with Crippen molar-refractivity contribution < 1.29 is 9.84 Å². The molecule has 4 nitrogen and oxygen atoms in total. The van der Waals surface area contributed by atoms with Crippen molar-refractivity contribution in [3.8, 4) is 11.5 Å². The van der Waals surface area contributed by atoms with Gasteiger partial charge in [-0.15, -0.1) is 0 Å². The van der Waals surface area contributed by atoms with Crippen molar-refractivity contribution in [1.29, 1.82) is 0 Å². The number of hydrogen-bond acceptors (Lipinski definition) is 4. The number of hydrogen-bond donors (Lipinski definition) is 1. The van der Waals surface area contributed by atoms with Crippen LogP contribution in [-0.2, 0) is 6.54 Å². The zero-order chi connectivity index (χ0) is 18.8. The number of benzene rings is 3. The minimum absolute atomic E-state index is 0.372. The average Bonchev–Trinajstić information content (AvgIpc) is 2.70. The van der Waals surface area contributed by atoms with Crippen LogP contribution >= 0.6 is 15.9 Å². The molecule has 27 heavy (non-hydrogen) atoms. The number of aromatic hydroxyl groups is 1. The van der Waals surface area contributed by atoms with Gasteiger partial charge in [0.25, 0.3) is 0 Å². The fourth-order valence-electron chi connectivity index (χ4n) is 3.78. The molecule has 0 aromatic heterocycles. The number of phenolic OH excluding ortho intramolecular Hbond substituents is 1. The topological polar surface area (TPSA) is 35.9 Å². The summed E-state index contributed by atoms with van der Waals surface area (Å²) in [5, 5.41) is 12.7. The number of fused-ring (bicyclic) bond motifs is 1. The van der Waals surface area contributed by atoms with Gasteiger partial charge in [-0.2, -0.15) is 0 Å². The summed E-state index contributed by atoms with van der Waals surface area (Å²) in [4.78, 5) is 4.78. The van der Waals surface area contributed by atoms with Gasteiger partial charge in [0.15, 0.2) is 0 Å². The quantitative estimate of drug-likeness (QED) is 0.658. The van der Waals surface area contributed by atoms with E-state index in [0.717, 1.165) is 65.0 Å². The molecule has 0 aliphatic carbocycles. The molecule has 0 bridgehead atoms. The third kappa shape index (κ3) is 3.75. The van der Waals surface area contributed by atoms with Gasteiger partial charge >= 0.3 is 0 Å². The van der Waals surface area contributed by atoms with Crippen LogP contribution in [0.2, 0.25) is 0 Å². The predicted octanol–water partition coefficient (Wildman–Crippen LogP) is 4.64. The molecule has 1 aliphatic heterocycles. The van der Waals surface area contributed by atoms with Crippen LogP contribution in [0.3, 0.4) is 0 Å². The first-order valence-corrected chi connectivity index (χ1v) is 9.95. The van der Waals surface area contributed by atoms with Gasteiger partial charge in [-0.25, -0.2) is 0 Å². The van der Waals surface area contributed by atoms with Crippen LogP contribution in [0, 0.1) is 0 Å². The Kier molecular flexibility index (Phi) is 5.23. The second-order valence-electron chi connectivity index (χ2n) is 6.86. The Hall–Kier alpha value is -2.24. The largest absolute Gasteiger partial charge is 0.508 e. The molecular formula is C22H23BrN2O2. The molecule has 140 valence electrons. The van der Waals surface area contributed by atoms with Crippen LogP contribution in [-0.4, -0.2) is 43.3 Å². The molecule has 0 amide bonds. The first-order valence-electron chi connectivity index (χ1n) is 9.16. The lowest BCUT2D eigenvalue weighted by Gasteiger charge is -2.36. The molecule has 0 spiro atoms. The van der Waals surface area contributed by atoms with Crippen LogP contribution in [0.1, 0.15) is 5.56 Å². The van der Waals surface area contributed by atoms with E-state index in [9.17, 15) is 5.11 Å². The van der Waals surface area contributed by atoms with Crippen LogP contribution in [0.15, 0.2) is 59.1 Å². The van der Waals surface area contributed by atoms with E-state index < -0.39 is 0 Å². The Morgan fingerprint density at radius 2 is 1.78 bits per heavy atom. The summed E-state index contributed by atoms with van der Waals surface area (Å²) < 4.78 is 6.56. The van der Waals surface area contributed by atoms with Crippen molar-refractivity contribution in [2.75, 3.05) is 38.2 Å². The number of methoxy groups -OCH3 is 1. The van der Waals surface area contributed by atoms with E-state index in [1.165, 1.54) is 0 Å². The summed E-state index contributed by atoms with van der Waals surface area (Å²) in [6.45, 7) is 4.54. The van der Waals surface area contributed by atoms with Crippen molar-refractivity contribution in [2.45, 2.75) is 6.54 Å². The summed E-state index contributed by atoms with van der Waals surface area (Å²) in [6.07, 6.45) is 0. The van der Waals surface area contributed by atoms with E-state index in [0.29, 0.717) is 5.75 Å². The van der Waals surface area contributed by atoms with Crippen molar-refractivity contribution in [1.82, 2.24) is 4.90 Å². The highest BCUT2D eigenvalue weighted by atomic mass is 79.9. The molecule has 5 heteroatoms. The summed E-state index contributed by atoms with van der Waals surface area (Å²) in [6, 6.07) is 18.2. The van der Waals surface area contributed by atoms with Crippen LogP contribution in [0.5, 0.6) is 11.5 Å². The number of nitrogens with zero attached hydrogens (tertiary/aromatic N) is 2. The zero-order valence-electron chi connectivity index (χ0n) is 15.4. The van der Waals surface area contributed by atoms with Crippen molar-refractivity contribution in [3.63, 3.8) is 0 Å². The molecule has 0 saturated carbocycles. The Balaban J connectivity index is 1.50. The number of rotatable bonds is 4. The normalized spacial score (nSPS) is 15.3. The second-order valence-corrected chi connectivity index (χ2v) is 7.78. The molecule has 3 aromatic carbocycles. The van der Waals surface area contributed by atoms with Crippen molar-refractivity contribution in [2.24, 2.45) is 0 Å². The fraction of sp³-hybridized carbons (Fsp3) is 0.273. The number of anilines is 1. The van der Waals surface area contributed by atoms with Crippen molar-refractivity contribution >= 4 is 32.4 Å². The third-order valence-corrected chi connectivity index (χ3v) is 5.74. The van der Waals surface area contributed by atoms with Crippen molar-refractivity contribution in [3.05, 3.63) is 64.6 Å². The van der Waals surface area contributed by atoms with Crippen LogP contribution < -0.4 is 9.64 Å². The smallest absolute Gasteiger partial charge is 0.142 e. The van der Waals surface area contributed by atoms with Gasteiger partial charge in [0.1, 0.15) is 11.5 Å². The first-order chi connectivity index (χ1) is 13.2. The molecule has 0 radical (unpaired) electrons. The number of phenols is 1. The second kappa shape index (κ2) is 7.79. The Morgan fingerprint density at radius 1 is 1.00 bits per heavy atom. The molecular weight excluding hydrogens is 404 g/mol. The molecule has 0 atom stereocenters. The molecule has 4 rings (SSSR count). The van der Waals surface area contributed by atoms with Crippen LogP contribution in [0.25, 0.3) is 10.8 Å². The van der Waals surface area contributed by atoms with Gasteiger partial charge in [0.2, 0.25) is 0 Å². The standard InChI is InChI=1S/C22H23BrN2O2/c1-27-22-5-3-2-4-20(22)25-12-10-24(11-13-25)15-19-18-8-7-17(23)14-16(18)6-9-21(19)26/h2-9,14,26H,10-13,15H2,1H3. The maximum Gasteiger partial charge on any atom is 0.142 e. The molecule has 1 heterocycles. The van der Waals surface area contributed by atoms with Gasteiger partial charge < -0.3 is 14.7 Å². The molecule has 0 unspecified atom stereocenters. The third-order valence-electron chi connectivity index (χ3n) is 5.25. The summed E-state index contributed by atoms with van der Waals surface area (Å²) in [5.41, 5.74) is 2.16. The molecule has 1 fully saturated rings. The molecule has 1 aliphatic rings. The lowest BCUT2D eigenvalue weighted by Crippen LogP contribution is -2.46. The van der Waals surface area contributed by atoms with E-state index in [2.05, 4.69) is 50.0 Å². The van der Waals surface area contributed by atoms with E-state index in [-0.39, 0.29) is 0 Å². The fourth-order valence-corrected chi connectivity index (χ4v) is 4.16. The van der Waals surface area contributed by atoms with E-state index in [1.807, 2.05) is 24.3 Å². The van der Waals surface area contributed by atoms with Gasteiger partial charge in [0.05, 0.1) is 12.8 Å². The maximum absolute atomic E-state index is 10.4. The molecule has 3 aromatic rings. The monoisotopic (exact) mass is 426 g/mol. The number of para-hydroxylation sites is 2. The number of halogens is 1. The highest BCUT2D eigenvalue weighted by Crippen LogP contribution is 2.32. The average molecular weight is 427 g/mol. The SMILES string of the molecule is COc1ccccc1N1CCN(Cc2c(O)ccc3cc(Br)ccc23)CC1. The minimum atomic E-state index is 0.372. The molecule has 1 saturated heterocycles. The van der Waals surface area contributed by atoms with Gasteiger partial charge in [-0.1, -0.05) is 40.2 Å². The lowest BCUT2D eigenvalue weighted by atomic mass is 10.0. The Labute approximate surface area is 168 Å².